The summed E-state index contributed by atoms with van der Waals surface area (Å²) in [6.07, 6.45) is 3.17. The summed E-state index contributed by atoms with van der Waals surface area (Å²) in [7, 11) is 0. The van der Waals surface area contributed by atoms with Gasteiger partial charge < -0.3 is 16.0 Å². The lowest BCUT2D eigenvalue weighted by Gasteiger charge is -2.09. The van der Waals surface area contributed by atoms with E-state index in [1.165, 1.54) is 17.7 Å². The molecule has 0 unspecified atom stereocenters. The van der Waals surface area contributed by atoms with Crippen LogP contribution in [0.4, 0.5) is 17.5 Å². The summed E-state index contributed by atoms with van der Waals surface area (Å²) in [4.78, 5) is 29.6. The van der Waals surface area contributed by atoms with Crippen LogP contribution in [0.2, 0.25) is 0 Å². The van der Waals surface area contributed by atoms with Crippen molar-refractivity contribution >= 4 is 34.7 Å². The smallest absolute Gasteiger partial charge is 0.263 e. The van der Waals surface area contributed by atoms with Gasteiger partial charge in [0.15, 0.2) is 0 Å². The minimum absolute atomic E-state index is 0.102. The van der Waals surface area contributed by atoms with Crippen LogP contribution in [0, 0.1) is 13.8 Å². The Bertz CT molecular complexity index is 882. The molecule has 0 aromatic carbocycles. The van der Waals surface area contributed by atoms with Gasteiger partial charge >= 0.3 is 0 Å². The third-order valence-corrected chi connectivity index (χ3v) is 4.49. The van der Waals surface area contributed by atoms with Gasteiger partial charge in [0, 0.05) is 25.4 Å². The number of pyridine rings is 1. The summed E-state index contributed by atoms with van der Waals surface area (Å²) in [5, 5.41) is 10.0. The Morgan fingerprint density at radius 3 is 2.65 bits per heavy atom. The third-order valence-electron chi connectivity index (χ3n) is 3.41. The predicted octanol–water partition coefficient (Wildman–Crippen LogP) is 2.53. The molecule has 0 aliphatic rings. The molecule has 134 valence electrons. The molecular weight excluding hydrogens is 350 g/mol. The normalized spacial score (nSPS) is 10.4. The van der Waals surface area contributed by atoms with E-state index in [4.69, 9.17) is 0 Å². The number of rotatable bonds is 7. The van der Waals surface area contributed by atoms with Gasteiger partial charge in [0.25, 0.3) is 5.91 Å². The second kappa shape index (κ2) is 8.34. The number of nitrogens with zero attached hydrogens (tertiary/aromatic N) is 4. The lowest BCUT2D eigenvalue weighted by Crippen LogP contribution is -2.28. The molecule has 0 atom stereocenters. The van der Waals surface area contributed by atoms with Crippen LogP contribution in [0.15, 0.2) is 36.8 Å². The number of carbonyl (C=O) groups is 1. The number of hydrogen-bond acceptors (Lipinski definition) is 8. The number of aryl methyl sites for hydroxylation is 2. The molecular formula is C17H19N7OS. The molecule has 3 rings (SSSR count). The van der Waals surface area contributed by atoms with E-state index in [1.54, 1.807) is 12.3 Å². The number of aromatic nitrogens is 4. The fraction of sp³-hybridized carbons (Fsp3) is 0.235. The molecule has 9 heteroatoms. The molecule has 3 aromatic heterocycles. The molecule has 8 nitrogen and oxygen atoms in total. The zero-order chi connectivity index (χ0) is 18.4. The first-order valence-corrected chi connectivity index (χ1v) is 8.89. The van der Waals surface area contributed by atoms with Gasteiger partial charge in [-0.05, 0) is 26.0 Å². The van der Waals surface area contributed by atoms with Gasteiger partial charge in [0.2, 0.25) is 0 Å². The van der Waals surface area contributed by atoms with Gasteiger partial charge in [-0.1, -0.05) is 6.07 Å². The fourth-order valence-electron chi connectivity index (χ4n) is 2.28. The minimum Gasteiger partial charge on any atom is -0.368 e. The number of thiazole rings is 1. The molecule has 1 amide bonds. The maximum absolute atomic E-state index is 12.1. The highest BCUT2D eigenvalue weighted by Gasteiger charge is 2.12. The molecule has 0 radical (unpaired) electrons. The van der Waals surface area contributed by atoms with E-state index in [-0.39, 0.29) is 5.91 Å². The van der Waals surface area contributed by atoms with Crippen molar-refractivity contribution in [3.05, 3.63) is 52.4 Å². The zero-order valence-corrected chi connectivity index (χ0v) is 15.3. The summed E-state index contributed by atoms with van der Waals surface area (Å²) < 4.78 is 0. The van der Waals surface area contributed by atoms with Crippen LogP contribution >= 0.6 is 11.3 Å². The zero-order valence-electron chi connectivity index (χ0n) is 14.5. The molecule has 0 aliphatic carbocycles. The van der Waals surface area contributed by atoms with E-state index < -0.39 is 0 Å². The van der Waals surface area contributed by atoms with E-state index in [2.05, 4.69) is 35.9 Å². The Morgan fingerprint density at radius 2 is 1.92 bits per heavy atom. The van der Waals surface area contributed by atoms with Gasteiger partial charge in [0.05, 0.1) is 10.7 Å². The van der Waals surface area contributed by atoms with Gasteiger partial charge in [-0.3, -0.25) is 4.79 Å². The van der Waals surface area contributed by atoms with E-state index in [0.717, 1.165) is 10.7 Å². The van der Waals surface area contributed by atoms with E-state index >= 15 is 0 Å². The Hall–Kier alpha value is -3.07. The van der Waals surface area contributed by atoms with Crippen molar-refractivity contribution in [2.75, 3.05) is 23.7 Å². The van der Waals surface area contributed by atoms with Crippen molar-refractivity contribution in [2.45, 2.75) is 13.8 Å². The van der Waals surface area contributed by atoms with E-state index in [1.807, 2.05) is 32.0 Å². The molecule has 0 aliphatic heterocycles. The van der Waals surface area contributed by atoms with Gasteiger partial charge in [0.1, 0.15) is 28.7 Å². The van der Waals surface area contributed by atoms with Gasteiger partial charge in [-0.15, -0.1) is 11.3 Å². The number of amides is 1. The number of hydrogen-bond donors (Lipinski definition) is 3. The van der Waals surface area contributed by atoms with Crippen molar-refractivity contribution in [2.24, 2.45) is 0 Å². The Balaban J connectivity index is 1.48. The topological polar surface area (TPSA) is 105 Å². The average Bonchev–Trinajstić information content (AvgIpc) is 2.98. The Kier molecular flexibility index (Phi) is 5.69. The first kappa shape index (κ1) is 17.7. The summed E-state index contributed by atoms with van der Waals surface area (Å²) in [6.45, 7) is 4.75. The van der Waals surface area contributed by atoms with Crippen LogP contribution in [0.3, 0.4) is 0 Å². The van der Waals surface area contributed by atoms with Crippen molar-refractivity contribution in [1.82, 2.24) is 25.3 Å². The molecule has 0 spiro atoms. The highest BCUT2D eigenvalue weighted by molar-refractivity contribution is 7.13. The number of carbonyl (C=O) groups excluding carboxylic acids is 1. The molecule has 3 heterocycles. The highest BCUT2D eigenvalue weighted by Crippen LogP contribution is 2.16. The van der Waals surface area contributed by atoms with E-state index in [9.17, 15) is 4.79 Å². The maximum atomic E-state index is 12.1. The standard InChI is InChI=1S/C17H19N7OS/c1-11-16(26-12(2)23-11)17(25)20-8-7-19-14-9-15(22-10-21-14)24-13-5-3-4-6-18-13/h3-6,9-10H,7-8H2,1-2H3,(H,20,25)(H2,18,19,21,22,24). The number of anilines is 3. The Morgan fingerprint density at radius 1 is 1.08 bits per heavy atom. The third kappa shape index (κ3) is 4.73. The van der Waals surface area contributed by atoms with E-state index in [0.29, 0.717) is 35.4 Å². The van der Waals surface area contributed by atoms with Crippen molar-refractivity contribution in [3.63, 3.8) is 0 Å². The first-order chi connectivity index (χ1) is 12.6. The quantitative estimate of drug-likeness (QED) is 0.550. The van der Waals surface area contributed by atoms with Gasteiger partial charge in [-0.2, -0.15) is 0 Å². The van der Waals surface area contributed by atoms with Crippen LogP contribution < -0.4 is 16.0 Å². The SMILES string of the molecule is Cc1nc(C)c(C(=O)NCCNc2cc(Nc3ccccn3)ncn2)s1. The van der Waals surface area contributed by atoms with Gasteiger partial charge in [-0.25, -0.2) is 19.9 Å². The summed E-state index contributed by atoms with van der Waals surface area (Å²) in [5.74, 6) is 1.91. The van der Waals surface area contributed by atoms with Crippen LogP contribution in [0.25, 0.3) is 0 Å². The van der Waals surface area contributed by atoms with Crippen molar-refractivity contribution in [3.8, 4) is 0 Å². The molecule has 3 N–H and O–H groups in total. The van der Waals surface area contributed by atoms with Crippen molar-refractivity contribution < 1.29 is 4.79 Å². The van der Waals surface area contributed by atoms with Crippen LogP contribution in [-0.4, -0.2) is 38.9 Å². The summed E-state index contributed by atoms with van der Waals surface area (Å²) in [6, 6.07) is 7.38. The monoisotopic (exact) mass is 369 g/mol. The maximum Gasteiger partial charge on any atom is 0.263 e. The molecule has 3 aromatic rings. The average molecular weight is 369 g/mol. The Labute approximate surface area is 155 Å². The molecule has 0 bridgehead atoms. The fourth-order valence-corrected chi connectivity index (χ4v) is 3.12. The largest absolute Gasteiger partial charge is 0.368 e. The highest BCUT2D eigenvalue weighted by atomic mass is 32.1. The van der Waals surface area contributed by atoms with Crippen LogP contribution in [0.5, 0.6) is 0 Å². The molecule has 0 saturated carbocycles. The first-order valence-electron chi connectivity index (χ1n) is 8.08. The van der Waals surface area contributed by atoms with Crippen LogP contribution in [-0.2, 0) is 0 Å². The second-order valence-corrected chi connectivity index (χ2v) is 6.66. The molecule has 0 fully saturated rings. The number of nitrogens with one attached hydrogen (secondary N) is 3. The molecule has 26 heavy (non-hydrogen) atoms. The summed E-state index contributed by atoms with van der Waals surface area (Å²) >= 11 is 1.40. The second-order valence-electron chi connectivity index (χ2n) is 5.46. The van der Waals surface area contributed by atoms with Crippen molar-refractivity contribution in [1.29, 1.82) is 0 Å². The minimum atomic E-state index is -0.102. The lowest BCUT2D eigenvalue weighted by molar-refractivity contribution is 0.0958. The lowest BCUT2D eigenvalue weighted by atomic mass is 10.3. The van der Waals surface area contributed by atoms with Crippen LogP contribution in [0.1, 0.15) is 20.4 Å². The predicted molar refractivity (Wildman–Crippen MR) is 102 cm³/mol. The molecule has 0 saturated heterocycles. The summed E-state index contributed by atoms with van der Waals surface area (Å²) in [5.41, 5.74) is 0.763.